The largest absolute Gasteiger partial charge is 0.346 e. The maximum absolute atomic E-state index is 15.4. The average Bonchev–Trinajstić information content (AvgIpc) is 3.68. The predicted octanol–water partition coefficient (Wildman–Crippen LogP) is 7.46. The molecule has 1 aliphatic rings. The van der Waals surface area contributed by atoms with Gasteiger partial charge < -0.3 is 5.32 Å². The minimum Gasteiger partial charge on any atom is -0.346 e. The van der Waals surface area contributed by atoms with E-state index in [2.05, 4.69) is 26.4 Å². The van der Waals surface area contributed by atoms with Crippen LogP contribution in [0.4, 0.5) is 26.3 Å². The zero-order valence-electron chi connectivity index (χ0n) is 25.5. The second-order valence-electron chi connectivity index (χ2n) is 11.6. The van der Waals surface area contributed by atoms with Gasteiger partial charge in [-0.05, 0) is 55.2 Å². The number of hydrogen-bond acceptors (Lipinski definition) is 4. The number of carbonyl (C=O) groups excluding carboxylic acids is 1. The molecule has 0 spiro atoms. The summed E-state index contributed by atoms with van der Waals surface area (Å²) in [5.74, 6) is -4.91. The Morgan fingerprint density at radius 1 is 1.12 bits per heavy atom. The lowest BCUT2D eigenvalue weighted by Gasteiger charge is -2.23. The third-order valence-corrected chi connectivity index (χ3v) is 8.92. The molecule has 0 bridgehead atoms. The molecule has 14 heteroatoms. The first-order chi connectivity index (χ1) is 22.8. The summed E-state index contributed by atoms with van der Waals surface area (Å²) in [4.78, 5) is 18.3. The monoisotopic (exact) mass is 684 g/mol. The molecule has 0 fully saturated rings. The van der Waals surface area contributed by atoms with Crippen molar-refractivity contribution in [2.75, 3.05) is 0 Å². The van der Waals surface area contributed by atoms with Gasteiger partial charge in [-0.2, -0.15) is 19.0 Å². The Kier molecular flexibility index (Phi) is 8.72. The van der Waals surface area contributed by atoms with Crippen molar-refractivity contribution in [3.05, 3.63) is 99.2 Å². The number of halogens is 7. The number of rotatable bonds is 9. The number of carbonyl (C=O) groups is 1. The van der Waals surface area contributed by atoms with Crippen molar-refractivity contribution < 1.29 is 31.1 Å². The van der Waals surface area contributed by atoms with Gasteiger partial charge in [0.25, 0.3) is 12.3 Å². The lowest BCUT2D eigenvalue weighted by molar-refractivity contribution is -0.123. The third-order valence-electron chi connectivity index (χ3n) is 8.59. The number of aromatic nitrogens is 5. The van der Waals surface area contributed by atoms with Crippen LogP contribution in [-0.4, -0.2) is 30.5 Å². The van der Waals surface area contributed by atoms with Gasteiger partial charge in [0.1, 0.15) is 35.3 Å². The molecule has 6 rings (SSSR count). The molecule has 2 aromatic carbocycles. The molecule has 2 atom stereocenters. The minimum atomic E-state index is -3.50. The highest BCUT2D eigenvalue weighted by Crippen LogP contribution is 2.49. The molecule has 1 amide bonds. The molecular weight excluding hydrogens is 658 g/mol. The van der Waals surface area contributed by atoms with Crippen molar-refractivity contribution in [1.29, 1.82) is 0 Å². The van der Waals surface area contributed by atoms with E-state index in [1.54, 1.807) is 42.2 Å². The van der Waals surface area contributed by atoms with Crippen LogP contribution in [0.1, 0.15) is 59.7 Å². The molecule has 248 valence electrons. The molecule has 5 aromatic rings. The van der Waals surface area contributed by atoms with Gasteiger partial charge in [-0.1, -0.05) is 30.5 Å². The fraction of sp³-hybridized carbons (Fsp3) is 0.294. The summed E-state index contributed by atoms with van der Waals surface area (Å²) in [6.07, 6.45) is 3.62. The summed E-state index contributed by atoms with van der Waals surface area (Å²) in [6.45, 7) is 0.692. The quantitative estimate of drug-likeness (QED) is 0.129. The molecule has 0 saturated carbocycles. The molecule has 0 aliphatic heterocycles. The number of nitrogens with one attached hydrogen (secondary N) is 1. The molecule has 7 nitrogen and oxygen atoms in total. The van der Waals surface area contributed by atoms with Gasteiger partial charge in [-0.25, -0.2) is 22.5 Å². The molecule has 3 aromatic heterocycles. The summed E-state index contributed by atoms with van der Waals surface area (Å²) in [5, 5.41) is 11.8. The van der Waals surface area contributed by atoms with E-state index in [0.717, 1.165) is 12.1 Å². The van der Waals surface area contributed by atoms with Gasteiger partial charge >= 0.3 is 0 Å². The van der Waals surface area contributed by atoms with Crippen LogP contribution in [0.2, 0.25) is 5.02 Å². The number of terminal acetylenes is 1. The Balaban J connectivity index is 1.46. The van der Waals surface area contributed by atoms with Crippen molar-refractivity contribution >= 4 is 28.4 Å². The van der Waals surface area contributed by atoms with Crippen molar-refractivity contribution in [3.63, 3.8) is 0 Å². The van der Waals surface area contributed by atoms with Crippen molar-refractivity contribution in [2.24, 2.45) is 13.0 Å². The molecular formula is C34H27ClF6N6O. The summed E-state index contributed by atoms with van der Waals surface area (Å²) < 4.78 is 89.4. The Morgan fingerprint density at radius 2 is 1.83 bits per heavy atom. The lowest BCUT2D eigenvalue weighted by Crippen LogP contribution is -2.35. The number of hydrogen-bond donors (Lipinski definition) is 1. The van der Waals surface area contributed by atoms with Gasteiger partial charge in [0, 0.05) is 41.1 Å². The highest BCUT2D eigenvalue weighted by molar-refractivity contribution is 6.35. The van der Waals surface area contributed by atoms with Crippen LogP contribution < -0.4 is 5.32 Å². The van der Waals surface area contributed by atoms with Crippen LogP contribution in [0.15, 0.2) is 48.7 Å². The lowest BCUT2D eigenvalue weighted by atomic mass is 9.94. The molecule has 2 unspecified atom stereocenters. The molecule has 1 N–H and O–H groups in total. The third kappa shape index (κ3) is 5.89. The number of benzene rings is 2. The van der Waals surface area contributed by atoms with Crippen LogP contribution in [-0.2, 0) is 37.2 Å². The average molecular weight is 685 g/mol. The van der Waals surface area contributed by atoms with E-state index in [0.29, 0.717) is 37.8 Å². The number of amides is 1. The number of aryl methyl sites for hydroxylation is 1. The maximum Gasteiger partial charge on any atom is 0.292 e. The van der Waals surface area contributed by atoms with Crippen LogP contribution in [0, 0.1) is 29.9 Å². The topological polar surface area (TPSA) is 77.6 Å². The molecule has 0 radical (unpaired) electrons. The summed E-state index contributed by atoms with van der Waals surface area (Å²) >= 11 is 6.43. The van der Waals surface area contributed by atoms with Crippen LogP contribution in [0.3, 0.4) is 0 Å². The Bertz CT molecular complexity index is 2080. The van der Waals surface area contributed by atoms with E-state index >= 15 is 8.78 Å². The summed E-state index contributed by atoms with van der Waals surface area (Å²) in [5.41, 5.74) is 0.353. The molecule has 3 heterocycles. The molecule has 0 saturated heterocycles. The second kappa shape index (κ2) is 12.6. The number of pyridine rings is 1. The van der Waals surface area contributed by atoms with Gasteiger partial charge in [0.15, 0.2) is 0 Å². The van der Waals surface area contributed by atoms with E-state index < -0.39 is 59.8 Å². The Labute approximate surface area is 275 Å². The summed E-state index contributed by atoms with van der Waals surface area (Å²) in [7, 11) is 1.70. The highest BCUT2D eigenvalue weighted by Gasteiger charge is 2.52. The van der Waals surface area contributed by atoms with Gasteiger partial charge in [-0.15, -0.1) is 6.42 Å². The van der Waals surface area contributed by atoms with Crippen molar-refractivity contribution in [1.82, 2.24) is 29.9 Å². The maximum atomic E-state index is 15.4. The van der Waals surface area contributed by atoms with Crippen LogP contribution >= 0.6 is 11.6 Å². The van der Waals surface area contributed by atoms with E-state index in [1.807, 2.05) is 0 Å². The smallest absolute Gasteiger partial charge is 0.292 e. The Hall–Kier alpha value is -4.83. The number of fused-ring (bicyclic) bond motifs is 2. The van der Waals surface area contributed by atoms with Gasteiger partial charge in [0.05, 0.1) is 28.5 Å². The van der Waals surface area contributed by atoms with E-state index in [9.17, 15) is 22.4 Å². The standard InChI is InChI=1S/C34H27ClF6N6O/c1-4-18-13-24-30(33(38)39)45-47(32(24)34(18,40)41)16-28(48)44-27(12-17-10-19(36)14-20(37)11-17)29-22(7-6-21(5-2)43-29)23-8-9-26(35)25-15-42-46(3)31(23)25/h2,6-11,14-15,18,27,33H,4,12-13,16H2,1,3H3,(H,44,48). The highest BCUT2D eigenvalue weighted by atomic mass is 35.5. The molecule has 48 heavy (non-hydrogen) atoms. The van der Waals surface area contributed by atoms with Crippen LogP contribution in [0.25, 0.3) is 22.0 Å². The van der Waals surface area contributed by atoms with Gasteiger partial charge in [0.2, 0.25) is 5.91 Å². The van der Waals surface area contributed by atoms with Gasteiger partial charge in [-0.3, -0.25) is 14.2 Å². The first-order valence-electron chi connectivity index (χ1n) is 14.9. The second-order valence-corrected chi connectivity index (χ2v) is 12.0. The fourth-order valence-corrected chi connectivity index (χ4v) is 6.63. The van der Waals surface area contributed by atoms with Crippen molar-refractivity contribution in [2.45, 2.75) is 51.1 Å². The van der Waals surface area contributed by atoms with E-state index in [1.165, 1.54) is 6.92 Å². The normalized spacial score (nSPS) is 15.9. The minimum absolute atomic E-state index is 0.0252. The Morgan fingerprint density at radius 3 is 2.50 bits per heavy atom. The van der Waals surface area contributed by atoms with E-state index in [4.69, 9.17) is 18.0 Å². The van der Waals surface area contributed by atoms with E-state index in [-0.39, 0.29) is 41.8 Å². The summed E-state index contributed by atoms with van der Waals surface area (Å²) in [6, 6.07) is 8.30. The molecule has 1 aliphatic carbocycles. The van der Waals surface area contributed by atoms with Crippen molar-refractivity contribution in [3.8, 4) is 23.5 Å². The van der Waals surface area contributed by atoms with Crippen LogP contribution in [0.5, 0.6) is 0 Å². The SMILES string of the molecule is C#Cc1ccc(-c2ccc(Cl)c3cnn(C)c23)c(C(Cc2cc(F)cc(F)c2)NC(=O)Cn2nc(C(F)F)c3c2C(F)(F)C(CC)C3)n1. The first-order valence-corrected chi connectivity index (χ1v) is 15.3. The zero-order chi connectivity index (χ0) is 34.5. The number of alkyl halides is 4. The zero-order valence-corrected chi connectivity index (χ0v) is 26.3. The number of nitrogens with zero attached hydrogens (tertiary/aromatic N) is 5. The fourth-order valence-electron chi connectivity index (χ4n) is 6.43. The first kappa shape index (κ1) is 33.1. The predicted molar refractivity (Wildman–Crippen MR) is 166 cm³/mol.